The van der Waals surface area contributed by atoms with Crippen molar-refractivity contribution in [2.45, 2.75) is 83.1 Å². The molecule has 1 aliphatic rings. The molecule has 1 aromatic carbocycles. The Balaban J connectivity index is 1.98. The van der Waals surface area contributed by atoms with Crippen molar-refractivity contribution in [2.75, 3.05) is 12.3 Å². The molecule has 1 saturated heterocycles. The van der Waals surface area contributed by atoms with E-state index in [1.165, 1.54) is 0 Å². The zero-order valence-electron chi connectivity index (χ0n) is 21.3. The van der Waals surface area contributed by atoms with Crippen LogP contribution in [0.3, 0.4) is 0 Å². The summed E-state index contributed by atoms with van der Waals surface area (Å²) in [6.07, 6.45) is 4.76. The summed E-state index contributed by atoms with van der Waals surface area (Å²) in [5.74, 6) is -1.67. The number of likely N-dealkylation sites (N-methyl/N-ethyl adjacent to an activating group) is 1. The Bertz CT molecular complexity index is 938. The highest BCUT2D eigenvalue weighted by molar-refractivity contribution is 9.10. The van der Waals surface area contributed by atoms with Gasteiger partial charge in [-0.15, -0.1) is 0 Å². The van der Waals surface area contributed by atoms with Crippen molar-refractivity contribution in [1.29, 1.82) is 0 Å². The topological polar surface area (TPSA) is 121 Å². The van der Waals surface area contributed by atoms with Crippen LogP contribution in [0.5, 0.6) is 0 Å². The molecule has 3 N–H and O–H groups in total. The van der Waals surface area contributed by atoms with Gasteiger partial charge in [-0.25, -0.2) is 0 Å². The van der Waals surface area contributed by atoms with Crippen LogP contribution >= 0.6 is 15.9 Å². The largest absolute Gasteiger partial charge is 0.350 e. The van der Waals surface area contributed by atoms with Crippen LogP contribution in [0.25, 0.3) is 0 Å². The molecular weight excluding hydrogens is 546 g/mol. The van der Waals surface area contributed by atoms with E-state index < -0.39 is 40.5 Å². The number of unbranched alkanes of at least 4 members (excludes halogenated alkanes) is 1. The molecule has 2 unspecified atom stereocenters. The number of benzene rings is 1. The molecule has 2 rings (SSSR count). The highest BCUT2D eigenvalue weighted by atomic mass is 79.9. The third kappa shape index (κ3) is 9.76. The van der Waals surface area contributed by atoms with Gasteiger partial charge in [0, 0.05) is 45.7 Å². The number of ketones is 1. The number of carbonyl (C=O) groups is 4. The molecule has 1 aliphatic heterocycles. The van der Waals surface area contributed by atoms with Crippen LogP contribution < -0.4 is 16.0 Å². The zero-order chi connectivity index (χ0) is 26.7. The number of halogens is 1. The summed E-state index contributed by atoms with van der Waals surface area (Å²) in [7, 11) is -0.739. The molecule has 3 amide bonds. The second-order valence-corrected chi connectivity index (χ2v) is 12.3. The predicted octanol–water partition coefficient (Wildman–Crippen LogP) is 2.79. The quantitative estimate of drug-likeness (QED) is 0.230. The Labute approximate surface area is 224 Å². The van der Waals surface area contributed by atoms with Crippen LogP contribution in [0.15, 0.2) is 28.7 Å². The van der Waals surface area contributed by atoms with E-state index in [9.17, 15) is 23.4 Å². The van der Waals surface area contributed by atoms with Crippen molar-refractivity contribution in [2.24, 2.45) is 5.92 Å². The summed E-state index contributed by atoms with van der Waals surface area (Å²) in [6.45, 7) is 5.64. The van der Waals surface area contributed by atoms with E-state index in [1.54, 1.807) is 6.92 Å². The first-order valence-electron chi connectivity index (χ1n) is 12.7. The van der Waals surface area contributed by atoms with E-state index in [2.05, 4.69) is 31.9 Å². The van der Waals surface area contributed by atoms with Crippen molar-refractivity contribution in [3.05, 3.63) is 34.3 Å². The first-order chi connectivity index (χ1) is 17.1. The van der Waals surface area contributed by atoms with Gasteiger partial charge in [-0.3, -0.25) is 23.4 Å². The zero-order valence-corrected chi connectivity index (χ0v) is 23.7. The molecule has 36 heavy (non-hydrogen) atoms. The Kier molecular flexibility index (Phi) is 12.8. The summed E-state index contributed by atoms with van der Waals surface area (Å²) in [4.78, 5) is 50.8. The second kappa shape index (κ2) is 15.2. The fourth-order valence-corrected chi connectivity index (χ4v) is 6.11. The summed E-state index contributed by atoms with van der Waals surface area (Å²) >= 11 is 3.37. The molecule has 0 aliphatic carbocycles. The Morgan fingerprint density at radius 3 is 2.36 bits per heavy atom. The van der Waals surface area contributed by atoms with Crippen molar-refractivity contribution < 1.29 is 23.4 Å². The molecule has 1 heterocycles. The Morgan fingerprint density at radius 2 is 1.78 bits per heavy atom. The summed E-state index contributed by atoms with van der Waals surface area (Å²) < 4.78 is 12.8. The maximum atomic E-state index is 13.1. The number of hydrogen-bond donors (Lipinski definition) is 3. The third-order valence-electron chi connectivity index (χ3n) is 6.24. The van der Waals surface area contributed by atoms with Crippen LogP contribution in [0.2, 0.25) is 0 Å². The number of carbonyl (C=O) groups excluding carboxylic acids is 4. The number of amides is 3. The van der Waals surface area contributed by atoms with E-state index in [-0.39, 0.29) is 29.9 Å². The van der Waals surface area contributed by atoms with Gasteiger partial charge in [-0.1, -0.05) is 48.3 Å². The van der Waals surface area contributed by atoms with Crippen molar-refractivity contribution >= 4 is 50.2 Å². The van der Waals surface area contributed by atoms with Gasteiger partial charge in [0.05, 0.1) is 0 Å². The standard InChI is InChI=1S/C26H38BrN3O5S/c1-4-28-26(34)24(32)21(16-18-11-13-19(27)14-12-18)29-25(33)23(17(2)3)30-22(31)10-6-5-8-20-9-7-15-36(20)35/h11-14,17,20-21,23H,4-10,15-16H2,1-3H3,(H,28,34)(H,29,33)(H,30,31)/t20?,21-,23-,36?/m0/s1. The number of hydrogen-bond acceptors (Lipinski definition) is 5. The second-order valence-electron chi connectivity index (χ2n) is 9.50. The highest BCUT2D eigenvalue weighted by Crippen LogP contribution is 2.21. The SMILES string of the molecule is CCNC(=O)C(=O)[C@H](Cc1ccc(Br)cc1)NC(=O)[C@@H](NC(=O)CCCCC1CCCS1=O)C(C)C. The minimum absolute atomic E-state index is 0.149. The maximum Gasteiger partial charge on any atom is 0.289 e. The normalized spacial score (nSPS) is 18.9. The number of nitrogens with one attached hydrogen (secondary N) is 3. The molecule has 0 aromatic heterocycles. The first kappa shape index (κ1) is 30.2. The lowest BCUT2D eigenvalue weighted by atomic mass is 9.98. The highest BCUT2D eigenvalue weighted by Gasteiger charge is 2.31. The van der Waals surface area contributed by atoms with E-state index in [0.717, 1.165) is 41.5 Å². The minimum Gasteiger partial charge on any atom is -0.350 e. The van der Waals surface area contributed by atoms with Crippen LogP contribution in [0, 0.1) is 5.92 Å². The van der Waals surface area contributed by atoms with Gasteiger partial charge in [0.25, 0.3) is 5.91 Å². The van der Waals surface area contributed by atoms with Crippen LogP contribution in [0.1, 0.15) is 64.9 Å². The third-order valence-corrected chi connectivity index (χ3v) is 8.67. The average molecular weight is 585 g/mol. The molecule has 1 fully saturated rings. The average Bonchev–Trinajstić information content (AvgIpc) is 3.25. The van der Waals surface area contributed by atoms with E-state index in [1.807, 2.05) is 38.1 Å². The molecule has 0 radical (unpaired) electrons. The molecule has 1 aromatic rings. The molecule has 8 nitrogen and oxygen atoms in total. The Morgan fingerprint density at radius 1 is 1.08 bits per heavy atom. The summed E-state index contributed by atoms with van der Waals surface area (Å²) in [6, 6.07) is 5.39. The number of rotatable bonds is 14. The van der Waals surface area contributed by atoms with Crippen LogP contribution in [-0.4, -0.2) is 57.3 Å². The minimum atomic E-state index is -1.06. The van der Waals surface area contributed by atoms with Crippen LogP contribution in [-0.2, 0) is 36.4 Å². The van der Waals surface area contributed by atoms with Crippen molar-refractivity contribution in [1.82, 2.24) is 16.0 Å². The monoisotopic (exact) mass is 583 g/mol. The molecule has 10 heteroatoms. The van der Waals surface area contributed by atoms with E-state index in [4.69, 9.17) is 0 Å². The molecule has 0 spiro atoms. The van der Waals surface area contributed by atoms with E-state index in [0.29, 0.717) is 13.0 Å². The predicted molar refractivity (Wildman–Crippen MR) is 145 cm³/mol. The van der Waals surface area contributed by atoms with Gasteiger partial charge < -0.3 is 16.0 Å². The van der Waals surface area contributed by atoms with Crippen LogP contribution in [0.4, 0.5) is 0 Å². The molecule has 200 valence electrons. The lowest BCUT2D eigenvalue weighted by molar-refractivity contribution is -0.140. The maximum absolute atomic E-state index is 13.1. The summed E-state index contributed by atoms with van der Waals surface area (Å²) in [5, 5.41) is 8.24. The van der Waals surface area contributed by atoms with Gasteiger partial charge in [0.15, 0.2) is 0 Å². The van der Waals surface area contributed by atoms with Crippen molar-refractivity contribution in [3.63, 3.8) is 0 Å². The Hall–Kier alpha value is -2.07. The van der Waals surface area contributed by atoms with Gasteiger partial charge in [-0.05, 0) is 56.2 Å². The summed E-state index contributed by atoms with van der Waals surface area (Å²) in [5.41, 5.74) is 0.787. The molecule has 0 saturated carbocycles. The molecule has 4 atom stereocenters. The lowest BCUT2D eigenvalue weighted by Gasteiger charge is -2.25. The fourth-order valence-electron chi connectivity index (χ4n) is 4.20. The molecular formula is C26H38BrN3O5S. The van der Waals surface area contributed by atoms with Crippen molar-refractivity contribution in [3.8, 4) is 0 Å². The van der Waals surface area contributed by atoms with Gasteiger partial charge in [-0.2, -0.15) is 0 Å². The smallest absolute Gasteiger partial charge is 0.289 e. The fraction of sp³-hybridized carbons (Fsp3) is 0.615. The first-order valence-corrected chi connectivity index (χ1v) is 14.8. The molecule has 0 bridgehead atoms. The lowest BCUT2D eigenvalue weighted by Crippen LogP contribution is -2.56. The van der Waals surface area contributed by atoms with E-state index >= 15 is 0 Å². The van der Waals surface area contributed by atoms with Gasteiger partial charge in [0.2, 0.25) is 17.6 Å². The van der Waals surface area contributed by atoms with Gasteiger partial charge >= 0.3 is 0 Å². The number of Topliss-reactive ketones (excluding diaryl/α,β-unsaturated/α-hetero) is 1. The van der Waals surface area contributed by atoms with Gasteiger partial charge in [0.1, 0.15) is 12.1 Å².